The second kappa shape index (κ2) is 5.80. The summed E-state index contributed by atoms with van der Waals surface area (Å²) in [5.41, 5.74) is 7.03. The van der Waals surface area contributed by atoms with Crippen LogP contribution < -0.4 is 16.4 Å². The third-order valence-corrected chi connectivity index (χ3v) is 2.45. The van der Waals surface area contributed by atoms with Crippen molar-refractivity contribution in [2.45, 2.75) is 13.8 Å². The average molecular weight is 265 g/mol. The summed E-state index contributed by atoms with van der Waals surface area (Å²) in [7, 11) is 1.44. The van der Waals surface area contributed by atoms with Gasteiger partial charge in [0.25, 0.3) is 5.69 Å². The highest BCUT2D eigenvalue weighted by atomic mass is 16.6. The van der Waals surface area contributed by atoms with E-state index in [-0.39, 0.29) is 11.6 Å². The van der Waals surface area contributed by atoms with E-state index in [1.165, 1.54) is 19.2 Å². The number of amides is 2. The molecule has 0 heterocycles. The number of carbonyl (C=O) groups excluding carboxylic acids is 1. The smallest absolute Gasteiger partial charge is 0.326 e. The molecule has 0 radical (unpaired) electrons. The van der Waals surface area contributed by atoms with Gasteiger partial charge in [0.15, 0.2) is 5.96 Å². The van der Waals surface area contributed by atoms with E-state index in [0.717, 1.165) is 0 Å². The Bertz CT molecular complexity index is 530. The van der Waals surface area contributed by atoms with Crippen LogP contribution in [-0.4, -0.2) is 24.0 Å². The molecule has 1 aromatic carbocycles. The number of carbonyl (C=O) groups is 1. The van der Waals surface area contributed by atoms with Crippen molar-refractivity contribution in [2.24, 2.45) is 10.7 Å². The second-order valence-electron chi connectivity index (χ2n) is 3.90. The van der Waals surface area contributed by atoms with Crippen LogP contribution in [0.25, 0.3) is 0 Å². The Kier molecular flexibility index (Phi) is 4.41. The number of guanidine groups is 1. The number of hydrogen-bond donors (Lipinski definition) is 3. The number of nitrogens with zero attached hydrogens (tertiary/aromatic N) is 2. The van der Waals surface area contributed by atoms with Crippen LogP contribution in [0.5, 0.6) is 0 Å². The van der Waals surface area contributed by atoms with E-state index >= 15 is 0 Å². The minimum Gasteiger partial charge on any atom is -0.370 e. The fourth-order valence-electron chi connectivity index (χ4n) is 1.56. The predicted molar refractivity (Wildman–Crippen MR) is 72.3 cm³/mol. The van der Waals surface area contributed by atoms with Crippen LogP contribution in [0.15, 0.2) is 17.1 Å². The van der Waals surface area contributed by atoms with Gasteiger partial charge in [-0.25, -0.2) is 4.79 Å². The maximum absolute atomic E-state index is 11.6. The molecular weight excluding hydrogens is 250 g/mol. The number of non-ortho nitro benzene ring substituents is 1. The van der Waals surface area contributed by atoms with Gasteiger partial charge < -0.3 is 11.1 Å². The summed E-state index contributed by atoms with van der Waals surface area (Å²) >= 11 is 0. The zero-order valence-electron chi connectivity index (χ0n) is 10.9. The topological polar surface area (TPSA) is 123 Å². The third kappa shape index (κ3) is 3.66. The standard InChI is InChI=1S/C11H15N5O3/c1-6-4-8(16(18)19)5-7(2)9(6)14-11(17)15-10(12)13-3/h4-5H,1-3H3,(H4,12,13,14,15,17). The first kappa shape index (κ1) is 14.4. The van der Waals surface area contributed by atoms with Crippen molar-refractivity contribution in [3.05, 3.63) is 33.4 Å². The highest BCUT2D eigenvalue weighted by molar-refractivity contribution is 6.02. The van der Waals surface area contributed by atoms with Crippen molar-refractivity contribution in [1.82, 2.24) is 5.32 Å². The quantitative estimate of drug-likeness (QED) is 0.322. The highest BCUT2D eigenvalue weighted by Crippen LogP contribution is 2.25. The molecule has 0 saturated carbocycles. The molecule has 0 saturated heterocycles. The highest BCUT2D eigenvalue weighted by Gasteiger charge is 2.14. The number of aliphatic imine (C=N–C) groups is 1. The molecule has 0 bridgehead atoms. The number of nitrogens with one attached hydrogen (secondary N) is 2. The van der Waals surface area contributed by atoms with Gasteiger partial charge in [-0.1, -0.05) is 0 Å². The average Bonchev–Trinajstić information content (AvgIpc) is 2.33. The molecule has 0 atom stereocenters. The number of nitro benzene ring substituents is 1. The molecule has 102 valence electrons. The van der Waals surface area contributed by atoms with Gasteiger partial charge in [-0.05, 0) is 25.0 Å². The molecule has 8 nitrogen and oxygen atoms in total. The van der Waals surface area contributed by atoms with Gasteiger partial charge in [-0.2, -0.15) is 0 Å². The fraction of sp³-hybridized carbons (Fsp3) is 0.273. The first-order valence-corrected chi connectivity index (χ1v) is 5.41. The van der Waals surface area contributed by atoms with Crippen LogP contribution in [0.3, 0.4) is 0 Å². The maximum Gasteiger partial charge on any atom is 0.326 e. The van der Waals surface area contributed by atoms with Crippen molar-refractivity contribution in [3.8, 4) is 0 Å². The molecule has 0 fully saturated rings. The Balaban J connectivity index is 2.96. The number of nitrogens with two attached hydrogens (primary N) is 1. The molecular formula is C11H15N5O3. The number of aryl methyl sites for hydroxylation is 2. The van der Waals surface area contributed by atoms with Crippen molar-refractivity contribution < 1.29 is 9.72 Å². The number of benzene rings is 1. The molecule has 2 amide bonds. The fourth-order valence-corrected chi connectivity index (χ4v) is 1.56. The first-order chi connectivity index (χ1) is 8.85. The zero-order chi connectivity index (χ0) is 14.6. The largest absolute Gasteiger partial charge is 0.370 e. The van der Waals surface area contributed by atoms with Crippen LogP contribution in [0.1, 0.15) is 11.1 Å². The molecule has 0 aromatic heterocycles. The lowest BCUT2D eigenvalue weighted by atomic mass is 10.1. The number of rotatable bonds is 2. The van der Waals surface area contributed by atoms with Gasteiger partial charge in [0.2, 0.25) is 0 Å². The number of hydrogen-bond acceptors (Lipinski definition) is 4. The molecule has 0 aliphatic carbocycles. The van der Waals surface area contributed by atoms with E-state index in [1.807, 2.05) is 0 Å². The Morgan fingerprint density at radius 3 is 2.32 bits per heavy atom. The van der Waals surface area contributed by atoms with E-state index < -0.39 is 11.0 Å². The molecule has 1 rings (SSSR count). The zero-order valence-corrected chi connectivity index (χ0v) is 10.9. The molecule has 0 unspecified atom stereocenters. The Hall–Kier alpha value is -2.64. The second-order valence-corrected chi connectivity index (χ2v) is 3.90. The molecule has 0 spiro atoms. The van der Waals surface area contributed by atoms with Crippen LogP contribution in [-0.2, 0) is 0 Å². The summed E-state index contributed by atoms with van der Waals surface area (Å²) in [5.74, 6) is -0.0188. The van der Waals surface area contributed by atoms with Gasteiger partial charge >= 0.3 is 6.03 Å². The first-order valence-electron chi connectivity index (χ1n) is 5.41. The van der Waals surface area contributed by atoms with E-state index in [2.05, 4.69) is 15.6 Å². The van der Waals surface area contributed by atoms with Gasteiger partial charge in [0.05, 0.1) is 4.92 Å². The summed E-state index contributed by atoms with van der Waals surface area (Å²) < 4.78 is 0. The molecule has 19 heavy (non-hydrogen) atoms. The Labute approximate surface area is 109 Å². The molecule has 4 N–H and O–H groups in total. The molecule has 0 aliphatic rings. The third-order valence-electron chi connectivity index (χ3n) is 2.45. The van der Waals surface area contributed by atoms with E-state index in [0.29, 0.717) is 16.8 Å². The number of urea groups is 1. The summed E-state index contributed by atoms with van der Waals surface area (Å²) in [6, 6.07) is 2.22. The normalized spacial score (nSPS) is 11.0. The monoisotopic (exact) mass is 265 g/mol. The van der Waals surface area contributed by atoms with Crippen LogP contribution in [0.2, 0.25) is 0 Å². The van der Waals surface area contributed by atoms with Gasteiger partial charge in [-0.15, -0.1) is 0 Å². The molecule has 0 aliphatic heterocycles. The van der Waals surface area contributed by atoms with Gasteiger partial charge in [-0.3, -0.25) is 20.4 Å². The van der Waals surface area contributed by atoms with E-state index in [1.54, 1.807) is 13.8 Å². The van der Waals surface area contributed by atoms with Gasteiger partial charge in [0, 0.05) is 24.9 Å². The van der Waals surface area contributed by atoms with Crippen LogP contribution in [0.4, 0.5) is 16.2 Å². The lowest BCUT2D eigenvalue weighted by molar-refractivity contribution is -0.384. The number of nitro groups is 1. The lowest BCUT2D eigenvalue weighted by Crippen LogP contribution is -2.39. The summed E-state index contributed by atoms with van der Waals surface area (Å²) in [6.07, 6.45) is 0. The summed E-state index contributed by atoms with van der Waals surface area (Å²) in [5, 5.41) is 15.6. The number of anilines is 1. The minimum absolute atomic E-state index is 0.0180. The summed E-state index contributed by atoms with van der Waals surface area (Å²) in [6.45, 7) is 3.35. The van der Waals surface area contributed by atoms with Crippen molar-refractivity contribution in [3.63, 3.8) is 0 Å². The maximum atomic E-state index is 11.6. The van der Waals surface area contributed by atoms with E-state index in [9.17, 15) is 14.9 Å². The van der Waals surface area contributed by atoms with Crippen LogP contribution in [0, 0.1) is 24.0 Å². The van der Waals surface area contributed by atoms with Crippen LogP contribution >= 0.6 is 0 Å². The van der Waals surface area contributed by atoms with Crippen molar-refractivity contribution >= 4 is 23.4 Å². The van der Waals surface area contributed by atoms with Gasteiger partial charge in [0.1, 0.15) is 0 Å². The lowest BCUT2D eigenvalue weighted by Gasteiger charge is -2.12. The Morgan fingerprint density at radius 2 is 1.89 bits per heavy atom. The molecule has 1 aromatic rings. The minimum atomic E-state index is -0.553. The summed E-state index contributed by atoms with van der Waals surface area (Å²) in [4.78, 5) is 25.4. The molecule has 8 heteroatoms. The predicted octanol–water partition coefficient (Wildman–Crippen LogP) is 1.28. The van der Waals surface area contributed by atoms with Crippen molar-refractivity contribution in [1.29, 1.82) is 0 Å². The van der Waals surface area contributed by atoms with Crippen molar-refractivity contribution in [2.75, 3.05) is 12.4 Å². The Morgan fingerprint density at radius 1 is 1.37 bits per heavy atom. The van der Waals surface area contributed by atoms with E-state index in [4.69, 9.17) is 5.73 Å². The SMILES string of the molecule is CN=C(N)NC(=O)Nc1c(C)cc([N+](=O)[O-])cc1C.